The Morgan fingerprint density at radius 1 is 0.974 bits per heavy atom. The quantitative estimate of drug-likeness (QED) is 0.323. The predicted molar refractivity (Wildman–Crippen MR) is 144 cm³/mol. The van der Waals surface area contributed by atoms with Crippen LogP contribution in [0.5, 0.6) is 11.5 Å². The molecule has 5 rings (SSSR count). The summed E-state index contributed by atoms with van der Waals surface area (Å²) < 4.78 is 36.4. The summed E-state index contributed by atoms with van der Waals surface area (Å²) >= 11 is 0. The monoisotopic (exact) mass is 529 g/mol. The fraction of sp³-hybridized carbons (Fsp3) is 0.214. The highest BCUT2D eigenvalue weighted by Crippen LogP contribution is 2.37. The number of hydrogen-bond donors (Lipinski definition) is 1. The standard InChI is InChI=1S/C28H27N5O4S/c1-38(34,35)36-20-28(18-32(19-28)17-21-8-4-2-5-9-21)33-27(30)25(16-29)26(31-33)22-12-14-24(15-13-22)37-23-10-6-3-7-11-23/h2-15H,17-20,30H2,1H3. The molecule has 0 atom stereocenters. The summed E-state index contributed by atoms with van der Waals surface area (Å²) in [5.74, 6) is 1.52. The fourth-order valence-electron chi connectivity index (χ4n) is 4.65. The molecule has 0 saturated carbocycles. The van der Waals surface area contributed by atoms with Gasteiger partial charge in [0.15, 0.2) is 0 Å². The molecule has 0 unspecified atom stereocenters. The van der Waals surface area contributed by atoms with Crippen LogP contribution in [0.3, 0.4) is 0 Å². The van der Waals surface area contributed by atoms with Crippen molar-refractivity contribution in [1.29, 1.82) is 5.26 Å². The van der Waals surface area contributed by atoms with Gasteiger partial charge in [-0.1, -0.05) is 48.5 Å². The molecular formula is C28H27N5O4S. The van der Waals surface area contributed by atoms with E-state index >= 15 is 0 Å². The van der Waals surface area contributed by atoms with Crippen molar-refractivity contribution in [3.63, 3.8) is 0 Å². The van der Waals surface area contributed by atoms with E-state index in [1.165, 1.54) is 0 Å². The van der Waals surface area contributed by atoms with E-state index < -0.39 is 15.7 Å². The van der Waals surface area contributed by atoms with Crippen LogP contribution >= 0.6 is 0 Å². The number of nitriles is 1. The third-order valence-electron chi connectivity index (χ3n) is 6.42. The molecule has 0 aliphatic carbocycles. The number of benzene rings is 3. The van der Waals surface area contributed by atoms with Crippen molar-refractivity contribution in [2.45, 2.75) is 12.1 Å². The topological polar surface area (TPSA) is 123 Å². The highest BCUT2D eigenvalue weighted by molar-refractivity contribution is 7.85. The summed E-state index contributed by atoms with van der Waals surface area (Å²) in [6, 6.07) is 28.8. The average molecular weight is 530 g/mol. The maximum absolute atomic E-state index is 11.9. The van der Waals surface area contributed by atoms with E-state index in [9.17, 15) is 13.7 Å². The molecule has 194 valence electrons. The zero-order chi connectivity index (χ0) is 26.8. The van der Waals surface area contributed by atoms with E-state index in [1.807, 2.05) is 72.8 Å². The van der Waals surface area contributed by atoms with Crippen LogP contribution in [-0.2, 0) is 26.4 Å². The first-order chi connectivity index (χ1) is 18.3. The van der Waals surface area contributed by atoms with E-state index in [2.05, 4.69) is 11.0 Å². The van der Waals surface area contributed by atoms with Crippen LogP contribution in [0, 0.1) is 11.3 Å². The molecule has 0 amide bonds. The Morgan fingerprint density at radius 3 is 2.18 bits per heavy atom. The molecule has 38 heavy (non-hydrogen) atoms. The van der Waals surface area contributed by atoms with Gasteiger partial charge in [0.1, 0.15) is 40.2 Å². The lowest BCUT2D eigenvalue weighted by atomic mass is 9.90. The minimum atomic E-state index is -3.70. The molecule has 1 aliphatic heterocycles. The number of nitrogens with zero attached hydrogens (tertiary/aromatic N) is 4. The van der Waals surface area contributed by atoms with Gasteiger partial charge in [0, 0.05) is 25.2 Å². The Kier molecular flexibility index (Phi) is 6.91. The largest absolute Gasteiger partial charge is 0.457 e. The maximum Gasteiger partial charge on any atom is 0.264 e. The molecule has 3 aromatic carbocycles. The van der Waals surface area contributed by atoms with Crippen LogP contribution in [0.15, 0.2) is 84.9 Å². The fourth-order valence-corrected chi connectivity index (χ4v) is 5.09. The summed E-state index contributed by atoms with van der Waals surface area (Å²) in [7, 11) is -3.70. The maximum atomic E-state index is 11.9. The summed E-state index contributed by atoms with van der Waals surface area (Å²) in [5, 5.41) is 14.7. The molecule has 0 radical (unpaired) electrons. The molecular weight excluding hydrogens is 502 g/mol. The predicted octanol–water partition coefficient (Wildman–Crippen LogP) is 3.98. The Hall–Kier alpha value is -4.17. The Bertz CT molecular complexity index is 1560. The van der Waals surface area contributed by atoms with E-state index in [-0.39, 0.29) is 18.0 Å². The molecule has 1 aliphatic rings. The molecule has 0 bridgehead atoms. The van der Waals surface area contributed by atoms with Crippen LogP contribution in [0.2, 0.25) is 0 Å². The molecule has 2 heterocycles. The molecule has 1 aromatic heterocycles. The van der Waals surface area contributed by atoms with Crippen LogP contribution in [0.25, 0.3) is 11.3 Å². The smallest absolute Gasteiger partial charge is 0.264 e. The number of ether oxygens (including phenoxy) is 1. The Balaban J connectivity index is 1.43. The average Bonchev–Trinajstić information content (AvgIpc) is 3.23. The van der Waals surface area contributed by atoms with Gasteiger partial charge in [-0.3, -0.25) is 9.08 Å². The SMILES string of the molecule is CS(=O)(=O)OCC1(n2nc(-c3ccc(Oc4ccccc4)cc3)c(C#N)c2N)CN(Cc2ccccc2)C1. The summed E-state index contributed by atoms with van der Waals surface area (Å²) in [4.78, 5) is 2.16. The molecule has 1 saturated heterocycles. The minimum absolute atomic E-state index is 0.142. The highest BCUT2D eigenvalue weighted by Gasteiger charge is 2.48. The zero-order valence-corrected chi connectivity index (χ0v) is 21.6. The lowest BCUT2D eigenvalue weighted by molar-refractivity contribution is -0.0322. The first-order valence-corrected chi connectivity index (χ1v) is 13.8. The first-order valence-electron chi connectivity index (χ1n) is 12.0. The minimum Gasteiger partial charge on any atom is -0.457 e. The van der Waals surface area contributed by atoms with Crippen molar-refractivity contribution in [3.05, 3.63) is 96.1 Å². The van der Waals surface area contributed by atoms with Gasteiger partial charge in [-0.25, -0.2) is 4.68 Å². The van der Waals surface area contributed by atoms with Gasteiger partial charge < -0.3 is 10.5 Å². The highest BCUT2D eigenvalue weighted by atomic mass is 32.2. The number of nitrogen functional groups attached to an aromatic ring is 1. The van der Waals surface area contributed by atoms with Crippen molar-refractivity contribution in [2.24, 2.45) is 0 Å². The van der Waals surface area contributed by atoms with E-state index in [4.69, 9.17) is 19.8 Å². The number of nitrogens with two attached hydrogens (primary N) is 1. The van der Waals surface area contributed by atoms with Crippen LogP contribution in [-0.4, -0.2) is 49.1 Å². The third kappa shape index (κ3) is 5.40. The number of rotatable bonds is 9. The summed E-state index contributed by atoms with van der Waals surface area (Å²) in [6.07, 6.45) is 1.01. The van der Waals surface area contributed by atoms with Crippen LogP contribution in [0.1, 0.15) is 11.1 Å². The van der Waals surface area contributed by atoms with Gasteiger partial charge in [0.05, 0.1) is 12.9 Å². The number of aromatic nitrogens is 2. The second-order valence-electron chi connectivity index (χ2n) is 9.39. The first kappa shape index (κ1) is 25.5. The Morgan fingerprint density at radius 2 is 1.58 bits per heavy atom. The van der Waals surface area contributed by atoms with E-state index in [1.54, 1.807) is 16.8 Å². The lowest BCUT2D eigenvalue weighted by Gasteiger charge is -2.49. The van der Waals surface area contributed by atoms with Crippen LogP contribution < -0.4 is 10.5 Å². The summed E-state index contributed by atoms with van der Waals surface area (Å²) in [5.41, 5.74) is 8.06. The van der Waals surface area contributed by atoms with Crippen molar-refractivity contribution < 1.29 is 17.3 Å². The molecule has 4 aromatic rings. The molecule has 9 nitrogen and oxygen atoms in total. The van der Waals surface area contributed by atoms with E-state index in [0.29, 0.717) is 42.4 Å². The lowest BCUT2D eigenvalue weighted by Crippen LogP contribution is -2.65. The molecule has 10 heteroatoms. The van der Waals surface area contributed by atoms with E-state index in [0.717, 1.165) is 11.8 Å². The van der Waals surface area contributed by atoms with Gasteiger partial charge in [0.25, 0.3) is 10.1 Å². The number of likely N-dealkylation sites (tertiary alicyclic amines) is 1. The van der Waals surface area contributed by atoms with Crippen molar-refractivity contribution in [2.75, 3.05) is 31.7 Å². The zero-order valence-electron chi connectivity index (χ0n) is 20.8. The molecule has 1 fully saturated rings. The van der Waals surface area contributed by atoms with Crippen molar-refractivity contribution in [3.8, 4) is 28.8 Å². The number of anilines is 1. The molecule has 2 N–H and O–H groups in total. The normalized spacial score (nSPS) is 14.9. The van der Waals surface area contributed by atoms with Crippen molar-refractivity contribution >= 4 is 15.9 Å². The summed E-state index contributed by atoms with van der Waals surface area (Å²) in [6.45, 7) is 1.45. The van der Waals surface area contributed by atoms with Crippen molar-refractivity contribution in [1.82, 2.24) is 14.7 Å². The molecule has 0 spiro atoms. The van der Waals surface area contributed by atoms with Gasteiger partial charge >= 0.3 is 0 Å². The van der Waals surface area contributed by atoms with Crippen LogP contribution in [0.4, 0.5) is 5.82 Å². The second-order valence-corrected chi connectivity index (χ2v) is 11.0. The second kappa shape index (κ2) is 10.3. The van der Waals surface area contributed by atoms with Gasteiger partial charge in [-0.05, 0) is 42.0 Å². The third-order valence-corrected chi connectivity index (χ3v) is 6.96. The van der Waals surface area contributed by atoms with Gasteiger partial charge in [-0.2, -0.15) is 18.8 Å². The Labute approximate surface area is 221 Å². The number of para-hydroxylation sites is 1. The van der Waals surface area contributed by atoms with Gasteiger partial charge in [0.2, 0.25) is 0 Å². The number of hydrogen-bond acceptors (Lipinski definition) is 8. The van der Waals surface area contributed by atoms with Gasteiger partial charge in [-0.15, -0.1) is 0 Å².